The number of hydrogen-bond donors (Lipinski definition) is 1. The molecule has 1 unspecified atom stereocenters. The molecule has 0 spiro atoms. The van der Waals surface area contributed by atoms with Crippen LogP contribution in [0.4, 0.5) is 0 Å². The van der Waals surface area contributed by atoms with Gasteiger partial charge >= 0.3 is 0 Å². The van der Waals surface area contributed by atoms with E-state index in [0.717, 1.165) is 17.1 Å². The highest BCUT2D eigenvalue weighted by Crippen LogP contribution is 2.09. The number of ether oxygens (including phenoxy) is 2. The lowest BCUT2D eigenvalue weighted by Crippen LogP contribution is -2.33. The number of thiazole rings is 1. The first-order valence-electron chi connectivity index (χ1n) is 5.41. The summed E-state index contributed by atoms with van der Waals surface area (Å²) in [5.74, 6) is 0. The quantitative estimate of drug-likeness (QED) is 0.699. The molecular weight excluding hydrogens is 224 g/mol. The van der Waals surface area contributed by atoms with Gasteiger partial charge in [-0.3, -0.25) is 0 Å². The SMILES string of the molecule is CNC(COCCOC)Cc1csc(C)n1. The van der Waals surface area contributed by atoms with Crippen molar-refractivity contribution in [1.29, 1.82) is 0 Å². The van der Waals surface area contributed by atoms with Crippen LogP contribution in [0.25, 0.3) is 0 Å². The van der Waals surface area contributed by atoms with Crippen molar-refractivity contribution in [2.45, 2.75) is 19.4 Å². The Morgan fingerprint density at radius 2 is 2.31 bits per heavy atom. The molecule has 16 heavy (non-hydrogen) atoms. The Labute approximate surface area is 101 Å². The minimum absolute atomic E-state index is 0.318. The first-order chi connectivity index (χ1) is 7.76. The maximum absolute atomic E-state index is 5.49. The molecule has 0 radical (unpaired) electrons. The Kier molecular flexibility index (Phi) is 6.56. The fraction of sp³-hybridized carbons (Fsp3) is 0.727. The number of aryl methyl sites for hydroxylation is 1. The van der Waals surface area contributed by atoms with Gasteiger partial charge in [-0.1, -0.05) is 0 Å². The minimum atomic E-state index is 0.318. The van der Waals surface area contributed by atoms with E-state index < -0.39 is 0 Å². The third kappa shape index (κ3) is 5.03. The van der Waals surface area contributed by atoms with Crippen LogP contribution in [-0.2, 0) is 15.9 Å². The monoisotopic (exact) mass is 244 g/mol. The Bertz CT molecular complexity index is 291. The molecule has 0 aromatic carbocycles. The first kappa shape index (κ1) is 13.6. The molecule has 0 fully saturated rings. The van der Waals surface area contributed by atoms with Gasteiger partial charge in [-0.05, 0) is 14.0 Å². The van der Waals surface area contributed by atoms with E-state index in [9.17, 15) is 0 Å². The topological polar surface area (TPSA) is 43.4 Å². The number of nitrogens with zero attached hydrogens (tertiary/aromatic N) is 1. The van der Waals surface area contributed by atoms with E-state index in [2.05, 4.69) is 15.7 Å². The summed E-state index contributed by atoms with van der Waals surface area (Å²) >= 11 is 1.69. The van der Waals surface area contributed by atoms with Crippen molar-refractivity contribution in [2.75, 3.05) is 34.0 Å². The maximum Gasteiger partial charge on any atom is 0.0897 e. The van der Waals surface area contributed by atoms with Crippen LogP contribution in [0.3, 0.4) is 0 Å². The van der Waals surface area contributed by atoms with Gasteiger partial charge in [-0.2, -0.15) is 0 Å². The molecule has 5 heteroatoms. The molecule has 92 valence electrons. The summed E-state index contributed by atoms with van der Waals surface area (Å²) in [4.78, 5) is 4.44. The number of aromatic nitrogens is 1. The van der Waals surface area contributed by atoms with E-state index in [-0.39, 0.29) is 0 Å². The molecule has 0 aliphatic rings. The lowest BCUT2D eigenvalue weighted by Gasteiger charge is -2.14. The lowest BCUT2D eigenvalue weighted by molar-refractivity contribution is 0.0596. The third-order valence-corrected chi connectivity index (χ3v) is 3.10. The molecule has 0 amide bonds. The van der Waals surface area contributed by atoms with E-state index in [0.29, 0.717) is 25.9 Å². The second-order valence-corrected chi connectivity index (χ2v) is 4.68. The van der Waals surface area contributed by atoms with E-state index in [1.165, 1.54) is 0 Å². The number of likely N-dealkylation sites (N-methyl/N-ethyl adjacent to an activating group) is 1. The van der Waals surface area contributed by atoms with E-state index in [1.807, 2.05) is 14.0 Å². The van der Waals surface area contributed by atoms with Gasteiger partial charge in [0, 0.05) is 25.0 Å². The number of hydrogen-bond acceptors (Lipinski definition) is 5. The third-order valence-electron chi connectivity index (χ3n) is 2.28. The minimum Gasteiger partial charge on any atom is -0.382 e. The summed E-state index contributed by atoms with van der Waals surface area (Å²) in [6.45, 7) is 4.01. The fourth-order valence-electron chi connectivity index (χ4n) is 1.37. The molecule has 0 saturated heterocycles. The zero-order valence-electron chi connectivity index (χ0n) is 10.2. The molecule has 1 rings (SSSR count). The van der Waals surface area contributed by atoms with Gasteiger partial charge in [0.1, 0.15) is 0 Å². The molecule has 1 heterocycles. The van der Waals surface area contributed by atoms with Crippen molar-refractivity contribution in [1.82, 2.24) is 10.3 Å². The van der Waals surface area contributed by atoms with Crippen LogP contribution in [0, 0.1) is 6.92 Å². The molecule has 1 aromatic heterocycles. The Balaban J connectivity index is 2.26. The second-order valence-electron chi connectivity index (χ2n) is 3.62. The highest BCUT2D eigenvalue weighted by molar-refractivity contribution is 7.09. The summed E-state index contributed by atoms with van der Waals surface area (Å²) < 4.78 is 10.4. The van der Waals surface area contributed by atoms with Crippen molar-refractivity contribution in [3.05, 3.63) is 16.1 Å². The van der Waals surface area contributed by atoms with Gasteiger partial charge in [0.25, 0.3) is 0 Å². The molecule has 0 bridgehead atoms. The summed E-state index contributed by atoms with van der Waals surface area (Å²) in [6.07, 6.45) is 0.911. The first-order valence-corrected chi connectivity index (χ1v) is 6.29. The van der Waals surface area contributed by atoms with Crippen LogP contribution in [0.15, 0.2) is 5.38 Å². The summed E-state index contributed by atoms with van der Waals surface area (Å²) in [6, 6.07) is 0.318. The highest BCUT2D eigenvalue weighted by atomic mass is 32.1. The van der Waals surface area contributed by atoms with Crippen molar-refractivity contribution in [3.63, 3.8) is 0 Å². The number of methoxy groups -OCH3 is 1. The van der Waals surface area contributed by atoms with Gasteiger partial charge in [-0.25, -0.2) is 4.98 Å². The summed E-state index contributed by atoms with van der Waals surface area (Å²) in [5.41, 5.74) is 1.14. The average Bonchev–Trinajstić information content (AvgIpc) is 2.68. The van der Waals surface area contributed by atoms with Crippen LogP contribution < -0.4 is 5.32 Å². The smallest absolute Gasteiger partial charge is 0.0897 e. The van der Waals surface area contributed by atoms with Gasteiger partial charge in [0.2, 0.25) is 0 Å². The standard InChI is InChI=1S/C11H20N2O2S/c1-9-13-11(8-16-9)6-10(12-2)7-15-5-4-14-3/h8,10,12H,4-7H2,1-3H3. The fourth-order valence-corrected chi connectivity index (χ4v) is 1.99. The predicted octanol–water partition coefficient (Wildman–Crippen LogP) is 1.25. The Morgan fingerprint density at radius 3 is 2.88 bits per heavy atom. The molecule has 1 N–H and O–H groups in total. The number of rotatable bonds is 8. The molecule has 0 aliphatic carbocycles. The highest BCUT2D eigenvalue weighted by Gasteiger charge is 2.09. The molecule has 1 atom stereocenters. The summed E-state index contributed by atoms with van der Waals surface area (Å²) in [5, 5.41) is 6.46. The van der Waals surface area contributed by atoms with Crippen molar-refractivity contribution in [2.24, 2.45) is 0 Å². The van der Waals surface area contributed by atoms with E-state index in [1.54, 1.807) is 18.4 Å². The predicted molar refractivity (Wildman–Crippen MR) is 66.1 cm³/mol. The summed E-state index contributed by atoms with van der Waals surface area (Å²) in [7, 11) is 3.63. The van der Waals surface area contributed by atoms with E-state index >= 15 is 0 Å². The van der Waals surface area contributed by atoms with Crippen LogP contribution in [0.2, 0.25) is 0 Å². The Hall–Kier alpha value is -0.490. The van der Waals surface area contributed by atoms with Gasteiger partial charge in [0.15, 0.2) is 0 Å². The van der Waals surface area contributed by atoms with Crippen molar-refractivity contribution in [3.8, 4) is 0 Å². The molecule has 4 nitrogen and oxygen atoms in total. The van der Waals surface area contributed by atoms with Crippen LogP contribution in [0.5, 0.6) is 0 Å². The van der Waals surface area contributed by atoms with Crippen LogP contribution in [-0.4, -0.2) is 45.0 Å². The zero-order valence-corrected chi connectivity index (χ0v) is 11.0. The largest absolute Gasteiger partial charge is 0.382 e. The lowest BCUT2D eigenvalue weighted by atomic mass is 10.2. The van der Waals surface area contributed by atoms with E-state index in [4.69, 9.17) is 9.47 Å². The molecule has 0 saturated carbocycles. The normalized spacial score (nSPS) is 12.9. The molecule has 1 aromatic rings. The maximum atomic E-state index is 5.49. The van der Waals surface area contributed by atoms with Gasteiger partial charge in [-0.15, -0.1) is 11.3 Å². The van der Waals surface area contributed by atoms with Crippen LogP contribution >= 0.6 is 11.3 Å². The zero-order chi connectivity index (χ0) is 11.8. The van der Waals surface area contributed by atoms with Gasteiger partial charge in [0.05, 0.1) is 30.5 Å². The van der Waals surface area contributed by atoms with Crippen molar-refractivity contribution >= 4 is 11.3 Å². The van der Waals surface area contributed by atoms with Crippen LogP contribution in [0.1, 0.15) is 10.7 Å². The van der Waals surface area contributed by atoms with Crippen molar-refractivity contribution < 1.29 is 9.47 Å². The molecular formula is C11H20N2O2S. The molecule has 0 aliphatic heterocycles. The van der Waals surface area contributed by atoms with Gasteiger partial charge < -0.3 is 14.8 Å². The number of nitrogens with one attached hydrogen (secondary N) is 1. The Morgan fingerprint density at radius 1 is 1.50 bits per heavy atom. The average molecular weight is 244 g/mol. The second kappa shape index (κ2) is 7.73.